The third-order valence-corrected chi connectivity index (χ3v) is 8.33. The summed E-state index contributed by atoms with van der Waals surface area (Å²) in [6.07, 6.45) is 3.86. The van der Waals surface area contributed by atoms with Gasteiger partial charge in [-0.1, -0.05) is 24.3 Å². The molecule has 190 valence electrons. The molecule has 2 heterocycles. The number of nitrogens with zero attached hydrogens (tertiary/aromatic N) is 5. The van der Waals surface area contributed by atoms with Crippen molar-refractivity contribution in [3.8, 4) is 17.2 Å². The summed E-state index contributed by atoms with van der Waals surface area (Å²) in [5.41, 5.74) is 0.657. The number of piperazine rings is 1. The van der Waals surface area contributed by atoms with Gasteiger partial charge in [-0.05, 0) is 30.0 Å². The largest absolute Gasteiger partial charge is 0.336 e. The lowest BCUT2D eigenvalue weighted by Gasteiger charge is -2.33. The minimum absolute atomic E-state index is 0.0559. The Morgan fingerprint density at radius 2 is 1.81 bits per heavy atom. The molecule has 1 aromatic heterocycles. The molecule has 1 saturated carbocycles. The van der Waals surface area contributed by atoms with E-state index in [-0.39, 0.29) is 48.2 Å². The van der Waals surface area contributed by atoms with Gasteiger partial charge in [0.2, 0.25) is 10.0 Å². The topological polar surface area (TPSA) is 138 Å². The molecule has 0 spiro atoms. The zero-order valence-corrected chi connectivity index (χ0v) is 20.7. The minimum atomic E-state index is -3.40. The Labute approximate surface area is 212 Å². The lowest BCUT2D eigenvalue weighted by molar-refractivity contribution is -0.383. The molecule has 1 aliphatic heterocycles. The third kappa shape index (κ3) is 4.41. The van der Waals surface area contributed by atoms with Crippen LogP contribution in [0.4, 0.5) is 10.1 Å². The normalized spacial score (nSPS) is 17.4. The molecule has 37 heavy (non-hydrogen) atoms. The third-order valence-electron chi connectivity index (χ3n) is 7.03. The molecular formula is C25H22FN5O5S. The summed E-state index contributed by atoms with van der Waals surface area (Å²) in [5, 5.41) is 21.3. The van der Waals surface area contributed by atoms with Gasteiger partial charge in [0.25, 0.3) is 11.6 Å². The quantitative estimate of drug-likeness (QED) is 0.370. The molecule has 1 aliphatic carbocycles. The SMILES string of the molecule is CS(=O)(=O)N1CCN(C(=O)c2cnc3c([N+](=O)[O-])cc(F)cc3c2-c2ccc(C3(C#N)CC3)cc2)CC1. The average Bonchev–Trinajstić information content (AvgIpc) is 3.68. The van der Waals surface area contributed by atoms with Gasteiger partial charge in [-0.15, -0.1) is 0 Å². The van der Waals surface area contributed by atoms with Crippen LogP contribution < -0.4 is 0 Å². The molecule has 2 aliphatic rings. The molecule has 12 heteroatoms. The number of aromatic nitrogens is 1. The number of amides is 1. The standard InChI is InChI=1S/C25H22FN5O5S/c1-37(35,36)30-10-8-29(9-11-30)24(32)20-14-28-23-19(12-18(26)13-21(23)31(33)34)22(20)16-2-4-17(5-3-16)25(15-27)6-7-25/h2-5,12-14H,6-11H2,1H3. The summed E-state index contributed by atoms with van der Waals surface area (Å²) in [5.74, 6) is -1.28. The fourth-order valence-electron chi connectivity index (χ4n) is 4.80. The van der Waals surface area contributed by atoms with Crippen molar-refractivity contribution in [2.24, 2.45) is 0 Å². The Hall–Kier alpha value is -3.95. The van der Waals surface area contributed by atoms with Gasteiger partial charge in [0.05, 0.1) is 34.3 Å². The average molecular weight is 524 g/mol. The second-order valence-corrected chi connectivity index (χ2v) is 11.3. The molecule has 3 aromatic rings. The number of carbonyl (C=O) groups excluding carboxylic acids is 1. The first-order chi connectivity index (χ1) is 17.5. The molecule has 1 amide bonds. The van der Waals surface area contributed by atoms with Crippen LogP contribution in [-0.2, 0) is 15.4 Å². The van der Waals surface area contributed by atoms with E-state index in [1.165, 1.54) is 15.4 Å². The Kier molecular flexibility index (Phi) is 5.92. The maximum absolute atomic E-state index is 14.5. The van der Waals surface area contributed by atoms with Crippen molar-refractivity contribution in [3.05, 3.63) is 69.7 Å². The number of pyridine rings is 1. The fourth-order valence-corrected chi connectivity index (χ4v) is 5.63. The van der Waals surface area contributed by atoms with Gasteiger partial charge in [0.15, 0.2) is 0 Å². The van der Waals surface area contributed by atoms with Crippen molar-refractivity contribution in [2.45, 2.75) is 18.3 Å². The number of rotatable bonds is 5. The first kappa shape index (κ1) is 24.7. The van der Waals surface area contributed by atoms with Gasteiger partial charge in [0.1, 0.15) is 11.3 Å². The van der Waals surface area contributed by atoms with Crippen LogP contribution in [0.1, 0.15) is 28.8 Å². The van der Waals surface area contributed by atoms with E-state index in [4.69, 9.17) is 0 Å². The van der Waals surface area contributed by atoms with Crippen LogP contribution in [0.15, 0.2) is 42.6 Å². The Bertz CT molecular complexity index is 1590. The highest BCUT2D eigenvalue weighted by atomic mass is 32.2. The van der Waals surface area contributed by atoms with Crippen LogP contribution >= 0.6 is 0 Å². The number of carbonyl (C=O) groups is 1. The molecule has 5 rings (SSSR count). The highest BCUT2D eigenvalue weighted by Crippen LogP contribution is 2.48. The van der Waals surface area contributed by atoms with E-state index >= 15 is 0 Å². The van der Waals surface area contributed by atoms with Gasteiger partial charge in [-0.3, -0.25) is 14.9 Å². The maximum Gasteiger partial charge on any atom is 0.298 e. The number of sulfonamides is 1. The second kappa shape index (κ2) is 8.86. The molecule has 1 saturated heterocycles. The number of nitriles is 1. The minimum Gasteiger partial charge on any atom is -0.336 e. The van der Waals surface area contributed by atoms with Gasteiger partial charge < -0.3 is 4.90 Å². The predicted molar refractivity (Wildman–Crippen MR) is 133 cm³/mol. The Morgan fingerprint density at radius 3 is 2.35 bits per heavy atom. The van der Waals surface area contributed by atoms with Gasteiger partial charge in [0, 0.05) is 43.3 Å². The molecule has 0 unspecified atom stereocenters. The van der Waals surface area contributed by atoms with Crippen LogP contribution in [-0.4, -0.2) is 65.9 Å². The van der Waals surface area contributed by atoms with Crippen molar-refractivity contribution in [3.63, 3.8) is 0 Å². The van der Waals surface area contributed by atoms with E-state index < -0.39 is 37.8 Å². The Balaban J connectivity index is 1.63. The lowest BCUT2D eigenvalue weighted by atomic mass is 9.91. The number of non-ortho nitro benzene ring substituents is 1. The van der Waals surface area contributed by atoms with Crippen LogP contribution in [0.2, 0.25) is 0 Å². The summed E-state index contributed by atoms with van der Waals surface area (Å²) in [7, 11) is -3.40. The fraction of sp³-hybridized carbons (Fsp3) is 0.320. The van der Waals surface area contributed by atoms with Crippen molar-refractivity contribution >= 4 is 32.5 Å². The van der Waals surface area contributed by atoms with E-state index in [9.17, 15) is 33.0 Å². The molecule has 0 N–H and O–H groups in total. The van der Waals surface area contributed by atoms with Crippen LogP contribution in [0, 0.1) is 27.3 Å². The molecule has 10 nitrogen and oxygen atoms in total. The number of benzene rings is 2. The van der Waals surface area contributed by atoms with Crippen LogP contribution in [0.5, 0.6) is 0 Å². The van der Waals surface area contributed by atoms with Crippen LogP contribution in [0.25, 0.3) is 22.0 Å². The van der Waals surface area contributed by atoms with Crippen molar-refractivity contribution < 1.29 is 22.5 Å². The molecule has 0 bridgehead atoms. The van der Waals surface area contributed by atoms with E-state index in [1.807, 2.05) is 0 Å². The molecular weight excluding hydrogens is 501 g/mol. The van der Waals surface area contributed by atoms with E-state index in [0.29, 0.717) is 5.56 Å². The summed E-state index contributed by atoms with van der Waals surface area (Å²) in [4.78, 5) is 30.2. The summed E-state index contributed by atoms with van der Waals surface area (Å²) in [6.45, 7) is 0.560. The predicted octanol–water partition coefficient (Wildman–Crippen LogP) is 3.22. The van der Waals surface area contributed by atoms with Crippen molar-refractivity contribution in [1.82, 2.24) is 14.2 Å². The second-order valence-electron chi connectivity index (χ2n) is 9.35. The highest BCUT2D eigenvalue weighted by molar-refractivity contribution is 7.88. The number of halogens is 1. The zero-order chi connectivity index (χ0) is 26.5. The van der Waals surface area contributed by atoms with E-state index in [2.05, 4.69) is 11.1 Å². The molecule has 2 fully saturated rings. The number of nitro groups is 1. The van der Waals surface area contributed by atoms with Gasteiger partial charge >= 0.3 is 0 Å². The monoisotopic (exact) mass is 523 g/mol. The first-order valence-corrected chi connectivity index (χ1v) is 13.4. The molecule has 0 radical (unpaired) electrons. The summed E-state index contributed by atoms with van der Waals surface area (Å²) < 4.78 is 39.6. The summed E-state index contributed by atoms with van der Waals surface area (Å²) in [6, 6.07) is 11.2. The smallest absolute Gasteiger partial charge is 0.298 e. The number of nitro benzene ring substituents is 1. The zero-order valence-electron chi connectivity index (χ0n) is 19.8. The van der Waals surface area contributed by atoms with Gasteiger partial charge in [-0.25, -0.2) is 17.8 Å². The molecule has 2 aromatic carbocycles. The number of fused-ring (bicyclic) bond motifs is 1. The van der Waals surface area contributed by atoms with E-state index in [0.717, 1.165) is 36.8 Å². The first-order valence-electron chi connectivity index (χ1n) is 11.6. The number of hydrogen-bond donors (Lipinski definition) is 0. The van der Waals surface area contributed by atoms with E-state index in [1.54, 1.807) is 24.3 Å². The maximum atomic E-state index is 14.5. The lowest BCUT2D eigenvalue weighted by Crippen LogP contribution is -2.50. The summed E-state index contributed by atoms with van der Waals surface area (Å²) >= 11 is 0. The number of hydrogen-bond acceptors (Lipinski definition) is 7. The highest BCUT2D eigenvalue weighted by Gasteiger charge is 2.44. The Morgan fingerprint density at radius 1 is 1.16 bits per heavy atom. The van der Waals surface area contributed by atoms with Crippen molar-refractivity contribution in [1.29, 1.82) is 5.26 Å². The van der Waals surface area contributed by atoms with Crippen molar-refractivity contribution in [2.75, 3.05) is 32.4 Å². The van der Waals surface area contributed by atoms with Gasteiger partial charge in [-0.2, -0.15) is 9.57 Å². The molecule has 0 atom stereocenters. The van der Waals surface area contributed by atoms with Crippen LogP contribution in [0.3, 0.4) is 0 Å².